The molecule has 5 rings (SSSR count). The third kappa shape index (κ3) is 4.71. The Kier molecular flexibility index (Phi) is 6.26. The standard InChI is InChI=1S/C24H26N4O4S/c1-17-7-8-18-21(15-17)33-23(25-18)27(10-4-9-26-11-13-31-14-12-26)22(29)16-28-19-5-2-3-6-20(19)32-24(28)30/h2-3,5-8,15H,4,9-14,16H2,1H3. The molecule has 1 amide bonds. The zero-order valence-corrected chi connectivity index (χ0v) is 19.3. The highest BCUT2D eigenvalue weighted by molar-refractivity contribution is 7.22. The number of aromatic nitrogens is 2. The van der Waals surface area contributed by atoms with Crippen LogP contribution < -0.4 is 10.7 Å². The van der Waals surface area contributed by atoms with Crippen molar-refractivity contribution in [3.63, 3.8) is 0 Å². The number of morpholine rings is 1. The summed E-state index contributed by atoms with van der Waals surface area (Å²) in [5.74, 6) is -0.709. The maximum absolute atomic E-state index is 13.5. The summed E-state index contributed by atoms with van der Waals surface area (Å²) in [4.78, 5) is 34.7. The number of benzene rings is 2. The third-order valence-corrected chi connectivity index (χ3v) is 6.93. The molecule has 33 heavy (non-hydrogen) atoms. The van der Waals surface area contributed by atoms with Gasteiger partial charge in [-0.05, 0) is 43.2 Å². The van der Waals surface area contributed by atoms with E-state index in [4.69, 9.17) is 14.1 Å². The molecule has 0 spiro atoms. The molecule has 1 fully saturated rings. The van der Waals surface area contributed by atoms with Crippen LogP contribution in [0.2, 0.25) is 0 Å². The van der Waals surface area contributed by atoms with Gasteiger partial charge in [0.1, 0.15) is 6.54 Å². The SMILES string of the molecule is Cc1ccc2nc(N(CCCN3CCOCC3)C(=O)Cn3c(=O)oc4ccccc43)sc2c1. The fourth-order valence-electron chi connectivity index (χ4n) is 4.12. The van der Waals surface area contributed by atoms with Crippen molar-refractivity contribution in [1.82, 2.24) is 14.5 Å². The van der Waals surface area contributed by atoms with Gasteiger partial charge in [-0.15, -0.1) is 0 Å². The summed E-state index contributed by atoms with van der Waals surface area (Å²) in [6.45, 7) is 6.66. The van der Waals surface area contributed by atoms with Crippen molar-refractivity contribution in [3.8, 4) is 0 Å². The maximum atomic E-state index is 13.5. The number of hydrogen-bond donors (Lipinski definition) is 0. The Balaban J connectivity index is 1.40. The van der Waals surface area contributed by atoms with Gasteiger partial charge < -0.3 is 9.15 Å². The molecule has 3 heterocycles. The van der Waals surface area contributed by atoms with Crippen molar-refractivity contribution in [2.45, 2.75) is 19.9 Å². The second-order valence-electron chi connectivity index (χ2n) is 8.24. The Labute approximate surface area is 195 Å². The molecule has 0 saturated carbocycles. The van der Waals surface area contributed by atoms with Crippen LogP contribution in [0.1, 0.15) is 12.0 Å². The van der Waals surface area contributed by atoms with Gasteiger partial charge in [-0.25, -0.2) is 9.78 Å². The van der Waals surface area contributed by atoms with Gasteiger partial charge >= 0.3 is 5.76 Å². The number of amides is 1. The smallest absolute Gasteiger partial charge is 0.408 e. The number of aryl methyl sites for hydroxylation is 1. The minimum atomic E-state index is -0.530. The van der Waals surface area contributed by atoms with E-state index in [1.54, 1.807) is 23.1 Å². The van der Waals surface area contributed by atoms with Gasteiger partial charge in [0.05, 0.1) is 28.9 Å². The molecule has 0 aliphatic carbocycles. The predicted octanol–water partition coefficient (Wildman–Crippen LogP) is 3.27. The number of anilines is 1. The summed E-state index contributed by atoms with van der Waals surface area (Å²) < 4.78 is 13.2. The second-order valence-corrected chi connectivity index (χ2v) is 9.25. The highest BCUT2D eigenvalue weighted by Crippen LogP contribution is 2.30. The summed E-state index contributed by atoms with van der Waals surface area (Å²) in [5.41, 5.74) is 3.12. The molecule has 1 aliphatic rings. The van der Waals surface area contributed by atoms with E-state index in [-0.39, 0.29) is 12.5 Å². The monoisotopic (exact) mass is 466 g/mol. The number of oxazole rings is 1. The molecule has 0 radical (unpaired) electrons. The molecule has 8 nitrogen and oxygen atoms in total. The van der Waals surface area contributed by atoms with Crippen LogP contribution in [0.3, 0.4) is 0 Å². The van der Waals surface area contributed by atoms with Gasteiger partial charge in [-0.1, -0.05) is 29.5 Å². The third-order valence-electron chi connectivity index (χ3n) is 5.89. The average Bonchev–Trinajstić information content (AvgIpc) is 3.37. The fraction of sp³-hybridized carbons (Fsp3) is 0.375. The van der Waals surface area contributed by atoms with Crippen LogP contribution in [0.5, 0.6) is 0 Å². The van der Waals surface area contributed by atoms with Crippen molar-refractivity contribution in [1.29, 1.82) is 0 Å². The molecule has 0 unspecified atom stereocenters. The molecular weight excluding hydrogens is 440 g/mol. The first-order valence-corrected chi connectivity index (χ1v) is 12.0. The number of carbonyl (C=O) groups excluding carboxylic acids is 1. The van der Waals surface area contributed by atoms with E-state index < -0.39 is 5.76 Å². The largest absolute Gasteiger partial charge is 0.420 e. The van der Waals surface area contributed by atoms with Gasteiger partial charge in [0.25, 0.3) is 0 Å². The van der Waals surface area contributed by atoms with Gasteiger partial charge in [0.15, 0.2) is 10.7 Å². The summed E-state index contributed by atoms with van der Waals surface area (Å²) in [7, 11) is 0. The van der Waals surface area contributed by atoms with E-state index in [1.165, 1.54) is 15.9 Å². The predicted molar refractivity (Wildman–Crippen MR) is 129 cm³/mol. The van der Waals surface area contributed by atoms with Crippen LogP contribution in [0.4, 0.5) is 5.13 Å². The normalized spacial score (nSPS) is 14.8. The number of carbonyl (C=O) groups is 1. The van der Waals surface area contributed by atoms with Crippen molar-refractivity contribution in [2.75, 3.05) is 44.3 Å². The highest BCUT2D eigenvalue weighted by Gasteiger charge is 2.23. The zero-order chi connectivity index (χ0) is 22.8. The molecule has 1 saturated heterocycles. The molecule has 9 heteroatoms. The average molecular weight is 467 g/mol. The van der Waals surface area contributed by atoms with E-state index in [2.05, 4.69) is 11.0 Å². The molecule has 4 aromatic rings. The summed E-state index contributed by atoms with van der Waals surface area (Å²) in [5, 5.41) is 0.656. The van der Waals surface area contributed by atoms with Gasteiger partial charge in [0, 0.05) is 26.2 Å². The molecule has 172 valence electrons. The van der Waals surface area contributed by atoms with Gasteiger partial charge in [-0.3, -0.25) is 19.2 Å². The lowest BCUT2D eigenvalue weighted by molar-refractivity contribution is -0.119. The van der Waals surface area contributed by atoms with Crippen LogP contribution in [0.25, 0.3) is 21.3 Å². The number of fused-ring (bicyclic) bond motifs is 2. The van der Waals surface area contributed by atoms with E-state index in [0.29, 0.717) is 22.8 Å². The molecule has 2 aromatic carbocycles. The number of thiazole rings is 1. The van der Waals surface area contributed by atoms with Crippen molar-refractivity contribution >= 4 is 43.7 Å². The summed E-state index contributed by atoms with van der Waals surface area (Å²) in [6.07, 6.45) is 0.807. The number of ether oxygens (including phenoxy) is 1. The molecule has 1 aliphatic heterocycles. The number of rotatable bonds is 7. The zero-order valence-electron chi connectivity index (χ0n) is 18.5. The molecule has 0 bridgehead atoms. The Hall–Kier alpha value is -3.01. The number of hydrogen-bond acceptors (Lipinski definition) is 7. The first-order chi connectivity index (χ1) is 16.1. The molecule has 0 N–H and O–H groups in total. The Morgan fingerprint density at radius 3 is 2.85 bits per heavy atom. The van der Waals surface area contributed by atoms with Crippen molar-refractivity contribution in [3.05, 3.63) is 58.6 Å². The van der Waals surface area contributed by atoms with Gasteiger partial charge in [-0.2, -0.15) is 0 Å². The fourth-order valence-corrected chi connectivity index (χ4v) is 5.23. The number of para-hydroxylation sites is 2. The lowest BCUT2D eigenvalue weighted by Crippen LogP contribution is -2.40. The first kappa shape index (κ1) is 21.8. The maximum Gasteiger partial charge on any atom is 0.420 e. The quantitative estimate of drug-likeness (QED) is 0.416. The molecule has 0 atom stereocenters. The lowest BCUT2D eigenvalue weighted by Gasteiger charge is -2.27. The minimum absolute atomic E-state index is 0.0949. The lowest BCUT2D eigenvalue weighted by atomic mass is 10.2. The van der Waals surface area contributed by atoms with Crippen LogP contribution in [0.15, 0.2) is 51.7 Å². The summed E-state index contributed by atoms with van der Waals surface area (Å²) >= 11 is 1.50. The Morgan fingerprint density at radius 1 is 1.18 bits per heavy atom. The first-order valence-electron chi connectivity index (χ1n) is 11.1. The van der Waals surface area contributed by atoms with Gasteiger partial charge in [0.2, 0.25) is 5.91 Å². The van der Waals surface area contributed by atoms with E-state index in [1.807, 2.05) is 25.1 Å². The minimum Gasteiger partial charge on any atom is -0.408 e. The Bertz CT molecular complexity index is 1340. The number of nitrogens with zero attached hydrogens (tertiary/aromatic N) is 4. The van der Waals surface area contributed by atoms with Crippen LogP contribution in [0, 0.1) is 6.92 Å². The van der Waals surface area contributed by atoms with Crippen LogP contribution >= 0.6 is 11.3 Å². The molecular formula is C24H26N4O4S. The van der Waals surface area contributed by atoms with Crippen LogP contribution in [-0.4, -0.2) is 59.8 Å². The second kappa shape index (κ2) is 9.46. The van der Waals surface area contributed by atoms with E-state index >= 15 is 0 Å². The van der Waals surface area contributed by atoms with Crippen molar-refractivity contribution in [2.24, 2.45) is 0 Å². The summed E-state index contributed by atoms with van der Waals surface area (Å²) in [6, 6.07) is 13.2. The van der Waals surface area contributed by atoms with E-state index in [0.717, 1.165) is 55.0 Å². The van der Waals surface area contributed by atoms with Crippen molar-refractivity contribution < 1.29 is 13.9 Å². The highest BCUT2D eigenvalue weighted by atomic mass is 32.1. The topological polar surface area (TPSA) is 80.8 Å². The van der Waals surface area contributed by atoms with Crippen LogP contribution in [-0.2, 0) is 16.1 Å². The van der Waals surface area contributed by atoms with E-state index in [9.17, 15) is 9.59 Å². The molecule has 2 aromatic heterocycles. The Morgan fingerprint density at radius 2 is 2.00 bits per heavy atom.